The molecule has 0 amide bonds. The topological polar surface area (TPSA) is 113 Å². The molecule has 0 saturated carbocycles. The molecule has 0 fully saturated rings. The first-order valence-corrected chi connectivity index (χ1v) is 8.70. The predicted octanol–water partition coefficient (Wildman–Crippen LogP) is 4.89. The monoisotopic (exact) mass is 364 g/mol. The molecule has 0 spiro atoms. The Morgan fingerprint density at radius 2 is 1.58 bits per heavy atom. The van der Waals surface area contributed by atoms with Crippen molar-refractivity contribution in [3.05, 3.63) is 50.1 Å². The lowest BCUT2D eigenvalue weighted by atomic mass is 10.0. The summed E-state index contributed by atoms with van der Waals surface area (Å²) in [4.78, 5) is 32.7. The maximum atomic E-state index is 11.6. The van der Waals surface area contributed by atoms with Gasteiger partial charge in [0.1, 0.15) is 0 Å². The summed E-state index contributed by atoms with van der Waals surface area (Å²) in [6.45, 7) is 3.69. The minimum atomic E-state index is -0.901. The molecular weight excluding hydrogens is 340 g/mol. The number of nitro benzene ring substituents is 2. The Balaban J connectivity index is 3.03. The number of carbonyl (C=O) groups excluding carboxylic acids is 1. The Morgan fingerprint density at radius 1 is 1.04 bits per heavy atom. The smallest absolute Gasteiger partial charge is 0.336 e. The van der Waals surface area contributed by atoms with Crippen LogP contribution in [-0.2, 0) is 11.2 Å². The zero-order valence-electron chi connectivity index (χ0n) is 15.1. The van der Waals surface area contributed by atoms with Crippen LogP contribution in [0.5, 0.6) is 5.75 Å². The van der Waals surface area contributed by atoms with Crippen LogP contribution in [0, 0.1) is 20.2 Å². The molecule has 1 aromatic rings. The summed E-state index contributed by atoms with van der Waals surface area (Å²) in [6.07, 6.45) is 9.18. The second-order valence-corrected chi connectivity index (χ2v) is 5.92. The highest BCUT2D eigenvalue weighted by molar-refractivity contribution is 5.86. The fraction of sp³-hybridized carbons (Fsp3) is 0.500. The van der Waals surface area contributed by atoms with Gasteiger partial charge < -0.3 is 4.74 Å². The number of ether oxygens (including phenoxy) is 1. The van der Waals surface area contributed by atoms with Gasteiger partial charge in [0.2, 0.25) is 0 Å². The Kier molecular flexibility index (Phi) is 8.97. The predicted molar refractivity (Wildman–Crippen MR) is 97.3 cm³/mol. The number of carbonyl (C=O) groups is 1. The summed E-state index contributed by atoms with van der Waals surface area (Å²) in [5.74, 6) is -1.53. The molecule has 0 aliphatic rings. The Morgan fingerprint density at radius 3 is 2.08 bits per heavy atom. The molecular formula is C18H24N2O6. The number of aryl methyl sites for hydroxylation is 1. The van der Waals surface area contributed by atoms with Crippen LogP contribution in [-0.4, -0.2) is 15.8 Å². The van der Waals surface area contributed by atoms with Gasteiger partial charge in [0.15, 0.2) is 0 Å². The quantitative estimate of drug-likeness (QED) is 0.138. The van der Waals surface area contributed by atoms with E-state index in [9.17, 15) is 25.0 Å². The van der Waals surface area contributed by atoms with Crippen molar-refractivity contribution in [2.24, 2.45) is 0 Å². The van der Waals surface area contributed by atoms with Crippen molar-refractivity contribution in [1.29, 1.82) is 0 Å². The van der Waals surface area contributed by atoms with E-state index in [2.05, 4.69) is 6.92 Å². The lowest BCUT2D eigenvalue weighted by Gasteiger charge is -2.07. The lowest BCUT2D eigenvalue weighted by molar-refractivity contribution is -0.395. The number of allylic oxidation sites excluding steroid dienone is 1. The summed E-state index contributed by atoms with van der Waals surface area (Å²) < 4.78 is 4.86. The third kappa shape index (κ3) is 6.62. The van der Waals surface area contributed by atoms with E-state index >= 15 is 0 Å². The van der Waals surface area contributed by atoms with Crippen molar-refractivity contribution in [2.75, 3.05) is 0 Å². The molecule has 26 heavy (non-hydrogen) atoms. The van der Waals surface area contributed by atoms with Gasteiger partial charge in [0.05, 0.1) is 9.85 Å². The average Bonchev–Trinajstić information content (AvgIpc) is 2.58. The molecule has 1 rings (SSSR count). The molecule has 0 saturated heterocycles. The third-order valence-electron chi connectivity index (χ3n) is 3.83. The van der Waals surface area contributed by atoms with Crippen molar-refractivity contribution in [2.45, 2.75) is 58.8 Å². The van der Waals surface area contributed by atoms with Crippen molar-refractivity contribution in [3.63, 3.8) is 0 Å². The van der Waals surface area contributed by atoms with E-state index < -0.39 is 32.9 Å². The number of rotatable bonds is 11. The van der Waals surface area contributed by atoms with Crippen LogP contribution in [0.3, 0.4) is 0 Å². The molecule has 0 heterocycles. The standard InChI is InChI=1S/C18H24N2O6/c1-3-5-6-7-8-9-11-14-12-15(19(22)23)18(16(13-14)20(24)25)26-17(21)10-4-2/h4,10,12-13H,3,5-9,11H2,1-2H3. The van der Waals surface area contributed by atoms with E-state index in [0.29, 0.717) is 12.0 Å². The Labute approximate surface area is 152 Å². The number of hydrogen-bond acceptors (Lipinski definition) is 6. The van der Waals surface area contributed by atoms with Crippen molar-refractivity contribution in [3.8, 4) is 5.75 Å². The fourth-order valence-electron chi connectivity index (χ4n) is 2.56. The fourth-order valence-corrected chi connectivity index (χ4v) is 2.56. The van der Waals surface area contributed by atoms with Gasteiger partial charge in [0, 0.05) is 18.2 Å². The van der Waals surface area contributed by atoms with Crippen LogP contribution in [0.4, 0.5) is 11.4 Å². The molecule has 8 nitrogen and oxygen atoms in total. The SMILES string of the molecule is CC=CC(=O)Oc1c([N+](=O)[O-])cc(CCCCCCCC)cc1[N+](=O)[O-]. The summed E-state index contributed by atoms with van der Waals surface area (Å²) in [5.41, 5.74) is -0.652. The van der Waals surface area contributed by atoms with Crippen molar-refractivity contribution < 1.29 is 19.4 Å². The van der Waals surface area contributed by atoms with Gasteiger partial charge in [-0.25, -0.2) is 4.79 Å². The first kappa shape index (κ1) is 21.3. The molecule has 142 valence electrons. The molecule has 0 aromatic heterocycles. The van der Waals surface area contributed by atoms with E-state index in [0.717, 1.165) is 38.2 Å². The summed E-state index contributed by atoms with van der Waals surface area (Å²) in [6, 6.07) is 2.49. The van der Waals surface area contributed by atoms with Gasteiger partial charge >= 0.3 is 17.3 Å². The third-order valence-corrected chi connectivity index (χ3v) is 3.83. The number of esters is 1. The van der Waals surface area contributed by atoms with Gasteiger partial charge in [-0.3, -0.25) is 20.2 Å². The van der Waals surface area contributed by atoms with Crippen LogP contribution in [0.1, 0.15) is 57.9 Å². The first-order valence-electron chi connectivity index (χ1n) is 8.70. The van der Waals surface area contributed by atoms with Crippen LogP contribution in [0.15, 0.2) is 24.3 Å². The molecule has 0 atom stereocenters. The van der Waals surface area contributed by atoms with E-state index in [4.69, 9.17) is 4.74 Å². The molecule has 0 N–H and O–H groups in total. The highest BCUT2D eigenvalue weighted by Crippen LogP contribution is 2.38. The Hall–Kier alpha value is -2.77. The number of hydrogen-bond donors (Lipinski definition) is 0. The van der Waals surface area contributed by atoms with Gasteiger partial charge in [-0.2, -0.15) is 0 Å². The molecule has 0 bridgehead atoms. The van der Waals surface area contributed by atoms with E-state index in [1.54, 1.807) is 6.92 Å². The number of unbranched alkanes of at least 4 members (excludes halogenated alkanes) is 5. The zero-order chi connectivity index (χ0) is 19.5. The molecule has 0 radical (unpaired) electrons. The van der Waals surface area contributed by atoms with Crippen molar-refractivity contribution >= 4 is 17.3 Å². The molecule has 0 aliphatic carbocycles. The van der Waals surface area contributed by atoms with Gasteiger partial charge in [-0.05, 0) is 25.3 Å². The van der Waals surface area contributed by atoms with Crippen LogP contribution in [0.25, 0.3) is 0 Å². The van der Waals surface area contributed by atoms with Crippen LogP contribution >= 0.6 is 0 Å². The van der Waals surface area contributed by atoms with Gasteiger partial charge in [-0.1, -0.05) is 45.1 Å². The zero-order valence-corrected chi connectivity index (χ0v) is 15.1. The summed E-state index contributed by atoms with van der Waals surface area (Å²) in [5, 5.41) is 22.6. The second kappa shape index (κ2) is 11.0. The minimum Gasteiger partial charge on any atom is -0.409 e. The summed E-state index contributed by atoms with van der Waals surface area (Å²) >= 11 is 0. The lowest BCUT2D eigenvalue weighted by Crippen LogP contribution is -2.09. The number of benzene rings is 1. The second-order valence-electron chi connectivity index (χ2n) is 5.92. The summed E-state index contributed by atoms with van der Waals surface area (Å²) in [7, 11) is 0. The first-order chi connectivity index (χ1) is 12.4. The molecule has 8 heteroatoms. The van der Waals surface area contributed by atoms with Crippen molar-refractivity contribution in [1.82, 2.24) is 0 Å². The Bertz CT molecular complexity index is 649. The number of nitrogens with zero attached hydrogens (tertiary/aromatic N) is 2. The normalized spacial score (nSPS) is 10.8. The minimum absolute atomic E-state index is 0.490. The maximum Gasteiger partial charge on any atom is 0.336 e. The van der Waals surface area contributed by atoms with Gasteiger partial charge in [0.25, 0.3) is 5.75 Å². The van der Waals surface area contributed by atoms with Crippen LogP contribution < -0.4 is 4.74 Å². The van der Waals surface area contributed by atoms with Crippen LogP contribution in [0.2, 0.25) is 0 Å². The number of nitro groups is 2. The van der Waals surface area contributed by atoms with Gasteiger partial charge in [-0.15, -0.1) is 0 Å². The largest absolute Gasteiger partial charge is 0.409 e. The van der Waals surface area contributed by atoms with E-state index in [-0.39, 0.29) is 0 Å². The molecule has 0 aliphatic heterocycles. The highest BCUT2D eigenvalue weighted by Gasteiger charge is 2.30. The molecule has 0 unspecified atom stereocenters. The van der Waals surface area contributed by atoms with E-state index in [1.165, 1.54) is 24.6 Å². The highest BCUT2D eigenvalue weighted by atomic mass is 16.6. The molecule has 1 aromatic carbocycles. The average molecular weight is 364 g/mol. The van der Waals surface area contributed by atoms with E-state index in [1.807, 2.05) is 0 Å². The maximum absolute atomic E-state index is 11.6.